The fraction of sp³-hybridized carbons (Fsp3) is 0.474. The summed E-state index contributed by atoms with van der Waals surface area (Å²) in [7, 11) is 0. The molecule has 1 aromatic carbocycles. The lowest BCUT2D eigenvalue weighted by atomic mass is 10.0. The van der Waals surface area contributed by atoms with E-state index >= 15 is 0 Å². The van der Waals surface area contributed by atoms with Gasteiger partial charge in [0, 0.05) is 24.8 Å². The molecule has 0 spiro atoms. The smallest absolute Gasteiger partial charge is 0.225 e. The number of aryl methyl sites for hydroxylation is 1. The molecule has 4 heteroatoms. The van der Waals surface area contributed by atoms with Crippen LogP contribution in [0.15, 0.2) is 36.4 Å². The standard InChI is InChI=1S/C19H26N4/c1-14-8-7-11-23(13-14)18-12-15(2)20-19(22-18)21-16(3)17-9-5-4-6-10-17/h4-6,9-10,12,14,16H,7-8,11,13H2,1-3H3,(H,20,21,22). The number of rotatable bonds is 4. The van der Waals surface area contributed by atoms with E-state index in [0.29, 0.717) is 0 Å². The van der Waals surface area contributed by atoms with Crippen molar-refractivity contribution in [2.45, 2.75) is 39.7 Å². The Morgan fingerprint density at radius 2 is 2.00 bits per heavy atom. The molecule has 2 heterocycles. The maximum atomic E-state index is 4.76. The molecule has 1 aromatic heterocycles. The second-order valence-electron chi connectivity index (χ2n) is 6.66. The van der Waals surface area contributed by atoms with Crippen LogP contribution in [0.4, 0.5) is 11.8 Å². The molecule has 0 amide bonds. The van der Waals surface area contributed by atoms with Crippen LogP contribution < -0.4 is 10.2 Å². The SMILES string of the molecule is Cc1cc(N2CCCC(C)C2)nc(NC(C)c2ccccc2)n1. The van der Waals surface area contributed by atoms with E-state index < -0.39 is 0 Å². The first-order chi connectivity index (χ1) is 11.1. The predicted molar refractivity (Wildman–Crippen MR) is 95.9 cm³/mol. The van der Waals surface area contributed by atoms with Gasteiger partial charge in [-0.25, -0.2) is 4.98 Å². The lowest BCUT2D eigenvalue weighted by Gasteiger charge is -2.32. The summed E-state index contributed by atoms with van der Waals surface area (Å²) in [4.78, 5) is 11.7. The zero-order chi connectivity index (χ0) is 16.2. The molecule has 2 unspecified atom stereocenters. The van der Waals surface area contributed by atoms with Crippen molar-refractivity contribution >= 4 is 11.8 Å². The van der Waals surface area contributed by atoms with E-state index in [-0.39, 0.29) is 6.04 Å². The normalized spacial score (nSPS) is 19.4. The summed E-state index contributed by atoms with van der Waals surface area (Å²) < 4.78 is 0. The molecule has 1 aliphatic heterocycles. The quantitative estimate of drug-likeness (QED) is 0.919. The van der Waals surface area contributed by atoms with Gasteiger partial charge in [0.15, 0.2) is 0 Å². The largest absolute Gasteiger partial charge is 0.356 e. The Morgan fingerprint density at radius 1 is 1.22 bits per heavy atom. The molecule has 0 radical (unpaired) electrons. The fourth-order valence-electron chi connectivity index (χ4n) is 3.19. The molecule has 1 aliphatic rings. The average Bonchev–Trinajstić information content (AvgIpc) is 2.55. The minimum Gasteiger partial charge on any atom is -0.356 e. The van der Waals surface area contributed by atoms with Crippen molar-refractivity contribution < 1.29 is 0 Å². The Balaban J connectivity index is 1.77. The van der Waals surface area contributed by atoms with Crippen LogP contribution in [0, 0.1) is 12.8 Å². The summed E-state index contributed by atoms with van der Waals surface area (Å²) in [5.41, 5.74) is 2.25. The Labute approximate surface area is 139 Å². The van der Waals surface area contributed by atoms with Crippen LogP contribution >= 0.6 is 0 Å². The fourth-order valence-corrected chi connectivity index (χ4v) is 3.19. The number of nitrogens with zero attached hydrogens (tertiary/aromatic N) is 3. The minimum atomic E-state index is 0.186. The van der Waals surface area contributed by atoms with Gasteiger partial charge in [-0.15, -0.1) is 0 Å². The van der Waals surface area contributed by atoms with Crippen molar-refractivity contribution in [3.8, 4) is 0 Å². The van der Waals surface area contributed by atoms with Crippen molar-refractivity contribution in [2.24, 2.45) is 5.92 Å². The molecular formula is C19H26N4. The highest BCUT2D eigenvalue weighted by Gasteiger charge is 2.19. The molecule has 0 saturated carbocycles. The number of hydrogen-bond donors (Lipinski definition) is 1. The average molecular weight is 310 g/mol. The topological polar surface area (TPSA) is 41.1 Å². The third kappa shape index (κ3) is 4.01. The Morgan fingerprint density at radius 3 is 2.74 bits per heavy atom. The number of anilines is 2. The summed E-state index contributed by atoms with van der Waals surface area (Å²) in [5, 5.41) is 3.44. The van der Waals surface area contributed by atoms with Crippen molar-refractivity contribution in [2.75, 3.05) is 23.3 Å². The highest BCUT2D eigenvalue weighted by Crippen LogP contribution is 2.24. The molecule has 3 rings (SSSR count). The zero-order valence-electron chi connectivity index (χ0n) is 14.3. The van der Waals surface area contributed by atoms with Crippen molar-refractivity contribution in [1.82, 2.24) is 9.97 Å². The highest BCUT2D eigenvalue weighted by atomic mass is 15.2. The van der Waals surface area contributed by atoms with Gasteiger partial charge in [-0.1, -0.05) is 37.3 Å². The predicted octanol–water partition coefficient (Wildman–Crippen LogP) is 4.19. The van der Waals surface area contributed by atoms with E-state index in [1.54, 1.807) is 0 Å². The highest BCUT2D eigenvalue weighted by molar-refractivity contribution is 5.46. The van der Waals surface area contributed by atoms with Gasteiger partial charge in [0.2, 0.25) is 5.95 Å². The molecule has 0 aliphatic carbocycles. The number of nitrogens with one attached hydrogen (secondary N) is 1. The van der Waals surface area contributed by atoms with Crippen LogP contribution in [-0.2, 0) is 0 Å². The van der Waals surface area contributed by atoms with Crippen LogP contribution in [0.2, 0.25) is 0 Å². The van der Waals surface area contributed by atoms with E-state index in [1.807, 2.05) is 13.0 Å². The van der Waals surface area contributed by atoms with Gasteiger partial charge in [0.25, 0.3) is 0 Å². The number of hydrogen-bond acceptors (Lipinski definition) is 4. The monoisotopic (exact) mass is 310 g/mol. The van der Waals surface area contributed by atoms with Gasteiger partial charge in [0.05, 0.1) is 6.04 Å². The molecule has 4 nitrogen and oxygen atoms in total. The molecule has 23 heavy (non-hydrogen) atoms. The molecule has 1 saturated heterocycles. The van der Waals surface area contributed by atoms with Crippen LogP contribution in [0.1, 0.15) is 44.0 Å². The van der Waals surface area contributed by atoms with E-state index in [1.165, 1.54) is 18.4 Å². The molecule has 1 fully saturated rings. The van der Waals surface area contributed by atoms with Gasteiger partial charge < -0.3 is 10.2 Å². The van der Waals surface area contributed by atoms with Crippen LogP contribution in [0.3, 0.4) is 0 Å². The molecule has 2 atom stereocenters. The van der Waals surface area contributed by atoms with Crippen molar-refractivity contribution in [1.29, 1.82) is 0 Å². The van der Waals surface area contributed by atoms with E-state index in [0.717, 1.165) is 36.5 Å². The first-order valence-electron chi connectivity index (χ1n) is 8.54. The van der Waals surface area contributed by atoms with Gasteiger partial charge >= 0.3 is 0 Å². The molecule has 2 aromatic rings. The molecule has 0 bridgehead atoms. The third-order valence-electron chi connectivity index (χ3n) is 4.47. The lowest BCUT2D eigenvalue weighted by Crippen LogP contribution is -2.35. The first-order valence-corrected chi connectivity index (χ1v) is 8.54. The number of piperidine rings is 1. The van der Waals surface area contributed by atoms with E-state index in [2.05, 4.69) is 59.4 Å². The third-order valence-corrected chi connectivity index (χ3v) is 4.47. The maximum Gasteiger partial charge on any atom is 0.225 e. The molecule has 1 N–H and O–H groups in total. The van der Waals surface area contributed by atoms with Gasteiger partial charge in [-0.3, -0.25) is 0 Å². The Hall–Kier alpha value is -2.10. The van der Waals surface area contributed by atoms with E-state index in [9.17, 15) is 0 Å². The van der Waals surface area contributed by atoms with Gasteiger partial charge in [0.1, 0.15) is 5.82 Å². The maximum absolute atomic E-state index is 4.76. The first kappa shape index (κ1) is 15.8. The Bertz CT molecular complexity index is 641. The van der Waals surface area contributed by atoms with Crippen LogP contribution in [-0.4, -0.2) is 23.1 Å². The summed E-state index contributed by atoms with van der Waals surface area (Å²) in [6.07, 6.45) is 2.56. The van der Waals surface area contributed by atoms with Crippen molar-refractivity contribution in [3.63, 3.8) is 0 Å². The van der Waals surface area contributed by atoms with Gasteiger partial charge in [-0.2, -0.15) is 4.98 Å². The van der Waals surface area contributed by atoms with Crippen LogP contribution in [0.25, 0.3) is 0 Å². The van der Waals surface area contributed by atoms with E-state index in [4.69, 9.17) is 4.98 Å². The lowest BCUT2D eigenvalue weighted by molar-refractivity contribution is 0.444. The number of aromatic nitrogens is 2. The number of benzene rings is 1. The Kier molecular flexibility index (Phi) is 4.79. The summed E-state index contributed by atoms with van der Waals surface area (Å²) in [6, 6.07) is 12.7. The van der Waals surface area contributed by atoms with Crippen LogP contribution in [0.5, 0.6) is 0 Å². The summed E-state index contributed by atoms with van der Waals surface area (Å²) in [5.74, 6) is 2.50. The minimum absolute atomic E-state index is 0.186. The van der Waals surface area contributed by atoms with Gasteiger partial charge in [-0.05, 0) is 38.2 Å². The second kappa shape index (κ2) is 6.99. The van der Waals surface area contributed by atoms with Crippen molar-refractivity contribution in [3.05, 3.63) is 47.7 Å². The zero-order valence-corrected chi connectivity index (χ0v) is 14.3. The molecule has 122 valence electrons. The summed E-state index contributed by atoms with van der Waals surface area (Å²) in [6.45, 7) is 8.68. The second-order valence-corrected chi connectivity index (χ2v) is 6.66. The summed E-state index contributed by atoms with van der Waals surface area (Å²) >= 11 is 0. The molecular weight excluding hydrogens is 284 g/mol.